The summed E-state index contributed by atoms with van der Waals surface area (Å²) in [6.45, 7) is 2.13. The molecule has 0 bridgehead atoms. The van der Waals surface area contributed by atoms with Crippen LogP contribution in [0.2, 0.25) is 5.02 Å². The smallest absolute Gasteiger partial charge is 0.225 e. The molecule has 1 aromatic carbocycles. The summed E-state index contributed by atoms with van der Waals surface area (Å²) in [6, 6.07) is 8.01. The number of benzene rings is 1. The molecule has 1 saturated heterocycles. The van der Waals surface area contributed by atoms with Crippen molar-refractivity contribution in [1.82, 2.24) is 9.88 Å². The van der Waals surface area contributed by atoms with Crippen LogP contribution in [0.3, 0.4) is 0 Å². The van der Waals surface area contributed by atoms with Gasteiger partial charge < -0.3 is 9.64 Å². The van der Waals surface area contributed by atoms with Gasteiger partial charge in [-0.2, -0.15) is 0 Å². The fourth-order valence-electron chi connectivity index (χ4n) is 3.66. The van der Waals surface area contributed by atoms with Crippen LogP contribution in [0, 0.1) is 5.92 Å². The zero-order valence-electron chi connectivity index (χ0n) is 13.9. The standard InChI is InChI=1S/C19H21ClN2O2S/c20-16-3-1-13(2-4-16)14-7-15(8-14)19(23)22-6-5-17(10-22)24-11-18-9-21-12-25-18/h1-4,9,12,14-15,17H,5-8,10-11H2. The number of rotatable bonds is 5. The first kappa shape index (κ1) is 17.0. The highest BCUT2D eigenvalue weighted by atomic mass is 35.5. The molecule has 0 spiro atoms. The Labute approximate surface area is 156 Å². The number of carbonyl (C=O) groups excluding carboxylic acids is 1. The molecule has 1 aliphatic heterocycles. The van der Waals surface area contributed by atoms with Gasteiger partial charge in [0.15, 0.2) is 0 Å². The van der Waals surface area contributed by atoms with Crippen LogP contribution in [0.1, 0.15) is 35.6 Å². The summed E-state index contributed by atoms with van der Waals surface area (Å²) >= 11 is 7.54. The molecular formula is C19H21ClN2O2S. The van der Waals surface area contributed by atoms with E-state index in [1.54, 1.807) is 11.3 Å². The highest BCUT2D eigenvalue weighted by Gasteiger charge is 2.39. The lowest BCUT2D eigenvalue weighted by Crippen LogP contribution is -2.40. The second kappa shape index (κ2) is 7.44. The van der Waals surface area contributed by atoms with Crippen molar-refractivity contribution in [3.8, 4) is 0 Å². The normalized spacial score (nSPS) is 25.8. The van der Waals surface area contributed by atoms with Crippen molar-refractivity contribution < 1.29 is 9.53 Å². The number of hydrogen-bond acceptors (Lipinski definition) is 4. The van der Waals surface area contributed by atoms with Crippen molar-refractivity contribution in [2.24, 2.45) is 5.92 Å². The van der Waals surface area contributed by atoms with E-state index in [1.807, 2.05) is 28.7 Å². The molecule has 0 radical (unpaired) electrons. The number of halogens is 1. The maximum atomic E-state index is 12.7. The van der Waals surface area contributed by atoms with Crippen molar-refractivity contribution in [2.45, 2.75) is 37.9 Å². The van der Waals surface area contributed by atoms with E-state index in [1.165, 1.54) is 5.56 Å². The van der Waals surface area contributed by atoms with Crippen molar-refractivity contribution in [3.05, 3.63) is 51.4 Å². The van der Waals surface area contributed by atoms with Crippen LogP contribution in [0.25, 0.3) is 0 Å². The van der Waals surface area contributed by atoms with Crippen LogP contribution < -0.4 is 0 Å². The fraction of sp³-hybridized carbons (Fsp3) is 0.474. The molecular weight excluding hydrogens is 356 g/mol. The predicted octanol–water partition coefficient (Wildman–Crippen LogP) is 4.11. The molecule has 25 heavy (non-hydrogen) atoms. The maximum Gasteiger partial charge on any atom is 0.225 e. The third-order valence-corrected chi connectivity index (χ3v) is 6.24. The fourth-order valence-corrected chi connectivity index (χ4v) is 4.30. The number of aromatic nitrogens is 1. The van der Waals surface area contributed by atoms with Crippen LogP contribution in [0.5, 0.6) is 0 Å². The number of ether oxygens (including phenoxy) is 1. The monoisotopic (exact) mass is 376 g/mol. The molecule has 132 valence electrons. The largest absolute Gasteiger partial charge is 0.371 e. The Bertz CT molecular complexity index is 714. The molecule has 1 aliphatic carbocycles. The Hall–Kier alpha value is -1.43. The molecule has 4 rings (SSSR count). The Morgan fingerprint density at radius 2 is 2.12 bits per heavy atom. The molecule has 1 amide bonds. The van der Waals surface area contributed by atoms with Gasteiger partial charge >= 0.3 is 0 Å². The van der Waals surface area contributed by atoms with E-state index >= 15 is 0 Å². The van der Waals surface area contributed by atoms with Crippen molar-refractivity contribution in [2.75, 3.05) is 13.1 Å². The third kappa shape index (κ3) is 3.89. The maximum absolute atomic E-state index is 12.7. The van der Waals surface area contributed by atoms with E-state index in [0.717, 1.165) is 42.3 Å². The summed E-state index contributed by atoms with van der Waals surface area (Å²) in [6.07, 6.45) is 4.82. The lowest BCUT2D eigenvalue weighted by atomic mass is 9.71. The van der Waals surface area contributed by atoms with Crippen molar-refractivity contribution in [1.29, 1.82) is 0 Å². The van der Waals surface area contributed by atoms with E-state index in [2.05, 4.69) is 17.1 Å². The van der Waals surface area contributed by atoms with Crippen LogP contribution in [0.15, 0.2) is 36.0 Å². The summed E-state index contributed by atoms with van der Waals surface area (Å²) < 4.78 is 5.92. The quantitative estimate of drug-likeness (QED) is 0.788. The average molecular weight is 377 g/mol. The topological polar surface area (TPSA) is 42.4 Å². The molecule has 2 heterocycles. The van der Waals surface area contributed by atoms with Crippen LogP contribution in [-0.4, -0.2) is 35.0 Å². The number of thiazole rings is 1. The van der Waals surface area contributed by atoms with E-state index in [9.17, 15) is 4.79 Å². The van der Waals surface area contributed by atoms with E-state index in [4.69, 9.17) is 16.3 Å². The first-order valence-corrected chi connectivity index (χ1v) is 9.98. The third-order valence-electron chi connectivity index (χ3n) is 5.23. The second-order valence-electron chi connectivity index (χ2n) is 6.89. The molecule has 0 N–H and O–H groups in total. The van der Waals surface area contributed by atoms with Crippen LogP contribution in [0.4, 0.5) is 0 Å². The van der Waals surface area contributed by atoms with Crippen molar-refractivity contribution >= 4 is 28.8 Å². The van der Waals surface area contributed by atoms with E-state index in [-0.39, 0.29) is 12.0 Å². The molecule has 6 heteroatoms. The Kier molecular flexibility index (Phi) is 5.06. The van der Waals surface area contributed by atoms with Gasteiger partial charge in [-0.25, -0.2) is 0 Å². The number of likely N-dealkylation sites (tertiary alicyclic amines) is 1. The molecule has 1 atom stereocenters. The molecule has 1 unspecified atom stereocenters. The highest BCUT2D eigenvalue weighted by Crippen LogP contribution is 2.43. The van der Waals surface area contributed by atoms with Gasteiger partial charge in [0.1, 0.15) is 0 Å². The molecule has 2 aromatic rings. The lowest BCUT2D eigenvalue weighted by Gasteiger charge is -2.37. The first-order valence-electron chi connectivity index (χ1n) is 8.72. The summed E-state index contributed by atoms with van der Waals surface area (Å²) in [5.41, 5.74) is 3.11. The van der Waals surface area contributed by atoms with Gasteiger partial charge in [-0.1, -0.05) is 23.7 Å². The van der Waals surface area contributed by atoms with Gasteiger partial charge in [0.25, 0.3) is 0 Å². The minimum Gasteiger partial charge on any atom is -0.371 e. The molecule has 1 aromatic heterocycles. The highest BCUT2D eigenvalue weighted by molar-refractivity contribution is 7.09. The first-order chi connectivity index (χ1) is 12.2. The predicted molar refractivity (Wildman–Crippen MR) is 98.8 cm³/mol. The number of hydrogen-bond donors (Lipinski definition) is 0. The lowest BCUT2D eigenvalue weighted by molar-refractivity contribution is -0.138. The van der Waals surface area contributed by atoms with Crippen molar-refractivity contribution in [3.63, 3.8) is 0 Å². The molecule has 2 fully saturated rings. The summed E-state index contributed by atoms with van der Waals surface area (Å²) in [5, 5.41) is 0.761. The van der Waals surface area contributed by atoms with Crippen LogP contribution in [-0.2, 0) is 16.1 Å². The zero-order valence-corrected chi connectivity index (χ0v) is 15.5. The number of amides is 1. The van der Waals surface area contributed by atoms with Gasteiger partial charge in [0, 0.05) is 30.2 Å². The molecule has 4 nitrogen and oxygen atoms in total. The Morgan fingerprint density at radius 1 is 1.32 bits per heavy atom. The summed E-state index contributed by atoms with van der Waals surface area (Å²) in [4.78, 5) is 19.9. The Morgan fingerprint density at radius 3 is 2.84 bits per heavy atom. The van der Waals surface area contributed by atoms with Gasteiger partial charge in [-0.05, 0) is 42.9 Å². The van der Waals surface area contributed by atoms with E-state index in [0.29, 0.717) is 18.4 Å². The number of carbonyl (C=O) groups is 1. The minimum absolute atomic E-state index is 0.151. The van der Waals surface area contributed by atoms with Gasteiger partial charge in [0.2, 0.25) is 5.91 Å². The van der Waals surface area contributed by atoms with Gasteiger partial charge in [-0.15, -0.1) is 11.3 Å². The second-order valence-corrected chi connectivity index (χ2v) is 8.30. The SMILES string of the molecule is O=C(C1CC(c2ccc(Cl)cc2)C1)N1CCC(OCc2cncs2)C1. The van der Waals surface area contributed by atoms with Gasteiger partial charge in [-0.3, -0.25) is 9.78 Å². The average Bonchev–Trinajstić information content (AvgIpc) is 3.25. The van der Waals surface area contributed by atoms with E-state index < -0.39 is 0 Å². The Balaban J connectivity index is 1.23. The number of nitrogens with zero attached hydrogens (tertiary/aromatic N) is 2. The van der Waals surface area contributed by atoms with Crippen LogP contribution >= 0.6 is 22.9 Å². The molecule has 2 aliphatic rings. The summed E-state index contributed by atoms with van der Waals surface area (Å²) in [5.74, 6) is 0.960. The molecule has 1 saturated carbocycles. The summed E-state index contributed by atoms with van der Waals surface area (Å²) in [7, 11) is 0. The van der Waals surface area contributed by atoms with Gasteiger partial charge in [0.05, 0.1) is 23.1 Å². The zero-order chi connectivity index (χ0) is 17.2. The minimum atomic E-state index is 0.151.